The minimum atomic E-state index is -1.24. The number of amides is 1. The van der Waals surface area contributed by atoms with Crippen LogP contribution in [-0.4, -0.2) is 23.4 Å². The molecular weight excluding hydrogens is 162 g/mol. The molecule has 0 fully saturated rings. The zero-order valence-corrected chi connectivity index (χ0v) is 6.96. The first kappa shape index (κ1) is 10.5. The van der Waals surface area contributed by atoms with E-state index in [1.54, 1.807) is 0 Å². The molecule has 0 aliphatic carbocycles. The standard InChI is InChI=1S/C7H11NO4/c1-4(2)6(9)12-5(3)8-7(10)11/h5,8H,1H2,2-3H3,(H,10,11). The second-order valence-corrected chi connectivity index (χ2v) is 2.28. The molecule has 0 aliphatic rings. The molecule has 1 amide bonds. The summed E-state index contributed by atoms with van der Waals surface area (Å²) in [5.74, 6) is -0.615. The number of hydrogen-bond acceptors (Lipinski definition) is 3. The van der Waals surface area contributed by atoms with Gasteiger partial charge in [0, 0.05) is 5.57 Å². The summed E-state index contributed by atoms with van der Waals surface area (Å²) in [6.45, 7) is 6.23. The van der Waals surface area contributed by atoms with Gasteiger partial charge in [-0.1, -0.05) is 6.58 Å². The van der Waals surface area contributed by atoms with Crippen LogP contribution in [0.25, 0.3) is 0 Å². The molecule has 0 aromatic carbocycles. The zero-order valence-electron chi connectivity index (χ0n) is 6.96. The average Bonchev–Trinajstić information content (AvgIpc) is 1.84. The second kappa shape index (κ2) is 4.38. The van der Waals surface area contributed by atoms with Crippen LogP contribution in [0.4, 0.5) is 4.79 Å². The second-order valence-electron chi connectivity index (χ2n) is 2.28. The number of hydrogen-bond donors (Lipinski definition) is 2. The Hall–Kier alpha value is -1.52. The SMILES string of the molecule is C=C(C)C(=O)OC(C)NC(=O)O. The van der Waals surface area contributed by atoms with E-state index >= 15 is 0 Å². The minimum Gasteiger partial charge on any atom is -0.465 e. The molecule has 0 spiro atoms. The highest BCUT2D eigenvalue weighted by Crippen LogP contribution is 1.95. The Morgan fingerprint density at radius 1 is 1.58 bits per heavy atom. The van der Waals surface area contributed by atoms with Gasteiger partial charge in [0.05, 0.1) is 0 Å². The van der Waals surface area contributed by atoms with Crippen LogP contribution >= 0.6 is 0 Å². The monoisotopic (exact) mass is 173 g/mol. The number of carbonyl (C=O) groups excluding carboxylic acids is 1. The van der Waals surface area contributed by atoms with Crippen LogP contribution < -0.4 is 5.32 Å². The molecule has 5 nitrogen and oxygen atoms in total. The summed E-state index contributed by atoms with van der Waals surface area (Å²) in [4.78, 5) is 20.8. The Morgan fingerprint density at radius 2 is 2.08 bits per heavy atom. The summed E-state index contributed by atoms with van der Waals surface area (Å²) < 4.78 is 4.59. The number of carbonyl (C=O) groups is 2. The molecule has 12 heavy (non-hydrogen) atoms. The van der Waals surface area contributed by atoms with Crippen LogP contribution in [0.5, 0.6) is 0 Å². The van der Waals surface area contributed by atoms with Gasteiger partial charge in [0.25, 0.3) is 0 Å². The van der Waals surface area contributed by atoms with Crippen LogP contribution in [0.3, 0.4) is 0 Å². The van der Waals surface area contributed by atoms with E-state index in [1.165, 1.54) is 13.8 Å². The molecular formula is C7H11NO4. The third-order valence-corrected chi connectivity index (χ3v) is 0.959. The maximum atomic E-state index is 10.8. The van der Waals surface area contributed by atoms with E-state index in [4.69, 9.17) is 5.11 Å². The Balaban J connectivity index is 3.84. The molecule has 0 saturated carbocycles. The van der Waals surface area contributed by atoms with Crippen LogP contribution in [-0.2, 0) is 9.53 Å². The molecule has 2 N–H and O–H groups in total. The van der Waals surface area contributed by atoms with E-state index in [0.717, 1.165) is 0 Å². The Morgan fingerprint density at radius 3 is 2.42 bits per heavy atom. The molecule has 0 radical (unpaired) electrons. The number of nitrogens with one attached hydrogen (secondary N) is 1. The first-order valence-corrected chi connectivity index (χ1v) is 3.29. The number of carboxylic acid groups (broad SMARTS) is 1. The molecule has 1 atom stereocenters. The van der Waals surface area contributed by atoms with E-state index in [2.05, 4.69) is 11.3 Å². The summed E-state index contributed by atoms with van der Waals surface area (Å²) >= 11 is 0. The van der Waals surface area contributed by atoms with Crippen molar-refractivity contribution >= 4 is 12.1 Å². The van der Waals surface area contributed by atoms with Crippen LogP contribution in [0.1, 0.15) is 13.8 Å². The van der Waals surface area contributed by atoms with Crippen LogP contribution in [0.2, 0.25) is 0 Å². The smallest absolute Gasteiger partial charge is 0.407 e. The van der Waals surface area contributed by atoms with Crippen LogP contribution in [0.15, 0.2) is 12.2 Å². The van der Waals surface area contributed by atoms with Crippen molar-refractivity contribution in [3.63, 3.8) is 0 Å². The molecule has 68 valence electrons. The van der Waals surface area contributed by atoms with Crippen molar-refractivity contribution in [1.29, 1.82) is 0 Å². The van der Waals surface area contributed by atoms with Crippen molar-refractivity contribution in [3.8, 4) is 0 Å². The molecule has 0 aliphatic heterocycles. The Bertz CT molecular complexity index is 211. The lowest BCUT2D eigenvalue weighted by Crippen LogP contribution is -2.35. The summed E-state index contributed by atoms with van der Waals surface area (Å²) in [5.41, 5.74) is 0.231. The van der Waals surface area contributed by atoms with E-state index in [0.29, 0.717) is 0 Å². The van der Waals surface area contributed by atoms with Gasteiger partial charge >= 0.3 is 12.1 Å². The average molecular weight is 173 g/mol. The van der Waals surface area contributed by atoms with E-state index in [-0.39, 0.29) is 5.57 Å². The first-order chi connectivity index (χ1) is 5.43. The number of rotatable bonds is 3. The van der Waals surface area contributed by atoms with Gasteiger partial charge < -0.3 is 9.84 Å². The van der Waals surface area contributed by atoms with Crippen molar-refractivity contribution in [2.75, 3.05) is 0 Å². The fraction of sp³-hybridized carbons (Fsp3) is 0.429. The largest absolute Gasteiger partial charge is 0.465 e. The third kappa shape index (κ3) is 4.32. The van der Waals surface area contributed by atoms with Gasteiger partial charge in [0.1, 0.15) is 0 Å². The highest BCUT2D eigenvalue weighted by Gasteiger charge is 2.10. The predicted molar refractivity (Wildman–Crippen MR) is 41.5 cm³/mol. The summed E-state index contributed by atoms with van der Waals surface area (Å²) in [5, 5.41) is 10.2. The van der Waals surface area contributed by atoms with E-state index < -0.39 is 18.3 Å². The normalized spacial score (nSPS) is 11.5. The van der Waals surface area contributed by atoms with Gasteiger partial charge in [-0.25, -0.2) is 9.59 Å². The van der Waals surface area contributed by atoms with Gasteiger partial charge in [0.15, 0.2) is 6.23 Å². The maximum absolute atomic E-state index is 10.8. The van der Waals surface area contributed by atoms with E-state index in [9.17, 15) is 9.59 Å². The number of esters is 1. The quantitative estimate of drug-likeness (QED) is 0.374. The molecule has 1 unspecified atom stereocenters. The number of ether oxygens (including phenoxy) is 1. The Kier molecular flexibility index (Phi) is 3.82. The molecule has 0 rings (SSSR count). The first-order valence-electron chi connectivity index (χ1n) is 3.29. The van der Waals surface area contributed by atoms with Crippen molar-refractivity contribution in [2.45, 2.75) is 20.1 Å². The zero-order chi connectivity index (χ0) is 9.72. The van der Waals surface area contributed by atoms with Crippen molar-refractivity contribution in [3.05, 3.63) is 12.2 Å². The van der Waals surface area contributed by atoms with Gasteiger partial charge in [-0.3, -0.25) is 5.32 Å². The summed E-state index contributed by atoms with van der Waals surface area (Å²) in [7, 11) is 0. The van der Waals surface area contributed by atoms with Crippen LogP contribution in [0, 0.1) is 0 Å². The summed E-state index contributed by atoms with van der Waals surface area (Å²) in [6, 6.07) is 0. The van der Waals surface area contributed by atoms with Crippen molar-refractivity contribution < 1.29 is 19.4 Å². The van der Waals surface area contributed by atoms with Crippen molar-refractivity contribution in [2.24, 2.45) is 0 Å². The van der Waals surface area contributed by atoms with Gasteiger partial charge in [-0.2, -0.15) is 0 Å². The minimum absolute atomic E-state index is 0.231. The molecule has 0 saturated heterocycles. The fourth-order valence-electron chi connectivity index (χ4n) is 0.464. The Labute approximate surface area is 70.0 Å². The van der Waals surface area contributed by atoms with Gasteiger partial charge in [-0.05, 0) is 13.8 Å². The van der Waals surface area contributed by atoms with Gasteiger partial charge in [-0.15, -0.1) is 0 Å². The molecule has 0 heterocycles. The predicted octanol–water partition coefficient (Wildman–Crippen LogP) is 0.719. The highest BCUT2D eigenvalue weighted by atomic mass is 16.6. The lowest BCUT2D eigenvalue weighted by atomic mass is 10.4. The summed E-state index contributed by atoms with van der Waals surface area (Å²) in [6.07, 6.45) is -2.09. The molecule has 0 bridgehead atoms. The maximum Gasteiger partial charge on any atom is 0.407 e. The van der Waals surface area contributed by atoms with E-state index in [1.807, 2.05) is 5.32 Å². The highest BCUT2D eigenvalue weighted by molar-refractivity contribution is 5.87. The molecule has 0 aromatic rings. The lowest BCUT2D eigenvalue weighted by Gasteiger charge is -2.11. The molecule has 5 heteroatoms. The van der Waals surface area contributed by atoms with Crippen molar-refractivity contribution in [1.82, 2.24) is 5.32 Å². The lowest BCUT2D eigenvalue weighted by molar-refractivity contribution is -0.144. The van der Waals surface area contributed by atoms with Gasteiger partial charge in [0.2, 0.25) is 0 Å². The third-order valence-electron chi connectivity index (χ3n) is 0.959. The topological polar surface area (TPSA) is 75.6 Å². The fourth-order valence-corrected chi connectivity index (χ4v) is 0.464. The molecule has 0 aromatic heterocycles.